The number of alkyl halides is 3. The number of carbonyl (C=O) groups is 3. The lowest BCUT2D eigenvalue weighted by Gasteiger charge is -2.17. The summed E-state index contributed by atoms with van der Waals surface area (Å²) in [6.45, 7) is 2.01. The highest BCUT2D eigenvalue weighted by Gasteiger charge is 2.47. The van der Waals surface area contributed by atoms with E-state index in [1.807, 2.05) is 19.1 Å². The van der Waals surface area contributed by atoms with Crippen molar-refractivity contribution >= 4 is 33.3 Å². The van der Waals surface area contributed by atoms with E-state index in [9.17, 15) is 36.0 Å². The summed E-state index contributed by atoms with van der Waals surface area (Å²) in [6, 6.07) is 22.4. The van der Waals surface area contributed by atoms with Crippen molar-refractivity contribution in [3.05, 3.63) is 90.0 Å². The molecule has 0 radical (unpaired) electrons. The minimum absolute atomic E-state index is 0.0334. The third-order valence-electron chi connectivity index (χ3n) is 6.43. The molecule has 3 rings (SSSR count). The Labute approximate surface area is 237 Å². The molecule has 0 heterocycles. The van der Waals surface area contributed by atoms with Gasteiger partial charge in [-0.05, 0) is 48.1 Å². The van der Waals surface area contributed by atoms with Gasteiger partial charge < -0.3 is 5.32 Å². The highest BCUT2D eigenvalue weighted by molar-refractivity contribution is 7.90. The molecule has 1 unspecified atom stereocenters. The molecular weight excluding hydrogens is 557 g/mol. The molecule has 0 aromatic heterocycles. The average molecular weight is 589 g/mol. The smallest absolute Gasteiger partial charge is 0.326 e. The van der Waals surface area contributed by atoms with E-state index in [4.69, 9.17) is 0 Å². The number of unbranched alkanes of at least 4 members (excludes halogenated alkanes) is 1. The Kier molecular flexibility index (Phi) is 10.8. The Hall–Kier alpha value is -3.99. The van der Waals surface area contributed by atoms with E-state index >= 15 is 0 Å². The molecule has 1 atom stereocenters. The van der Waals surface area contributed by atoms with Gasteiger partial charge in [0.25, 0.3) is 0 Å². The number of hydrogen-bond donors (Lipinski definition) is 2. The highest BCUT2D eigenvalue weighted by Crippen LogP contribution is 2.25. The highest BCUT2D eigenvalue weighted by atomic mass is 32.2. The van der Waals surface area contributed by atoms with Crippen LogP contribution in [0, 0.1) is 5.92 Å². The molecule has 0 spiro atoms. The SMILES string of the molecule is CCCCC(=O)Nc1ccc(-c2ccc(C(=O)CC(CCc3ccccc3)C(=O)NS(=O)(=O)C(F)(F)F)cc2)cc1. The van der Waals surface area contributed by atoms with Gasteiger partial charge in [0.05, 0.1) is 0 Å². The number of benzene rings is 3. The van der Waals surface area contributed by atoms with E-state index in [0.717, 1.165) is 34.3 Å². The summed E-state index contributed by atoms with van der Waals surface area (Å²) in [7, 11) is -5.91. The van der Waals surface area contributed by atoms with Crippen molar-refractivity contribution in [3.63, 3.8) is 0 Å². The monoisotopic (exact) mass is 588 g/mol. The van der Waals surface area contributed by atoms with Gasteiger partial charge in [0.2, 0.25) is 11.8 Å². The van der Waals surface area contributed by atoms with E-state index < -0.39 is 39.6 Å². The first-order chi connectivity index (χ1) is 19.4. The second-order valence-corrected chi connectivity index (χ2v) is 11.2. The van der Waals surface area contributed by atoms with Gasteiger partial charge in [0.1, 0.15) is 0 Å². The summed E-state index contributed by atoms with van der Waals surface area (Å²) in [5, 5.41) is 2.83. The molecule has 7 nitrogen and oxygen atoms in total. The van der Waals surface area contributed by atoms with Gasteiger partial charge in [0, 0.05) is 30.0 Å². The Morgan fingerprint density at radius 3 is 2.00 bits per heavy atom. The average Bonchev–Trinajstić information content (AvgIpc) is 2.94. The Bertz CT molecular complexity index is 1440. The Balaban J connectivity index is 1.70. The number of anilines is 1. The van der Waals surface area contributed by atoms with Crippen molar-refractivity contribution in [2.75, 3.05) is 5.32 Å². The number of ketones is 1. The number of carbonyl (C=O) groups excluding carboxylic acids is 3. The van der Waals surface area contributed by atoms with Gasteiger partial charge in [-0.25, -0.2) is 4.72 Å². The topological polar surface area (TPSA) is 109 Å². The van der Waals surface area contributed by atoms with E-state index in [1.165, 1.54) is 12.1 Å². The summed E-state index contributed by atoms with van der Waals surface area (Å²) in [4.78, 5) is 37.5. The fourth-order valence-corrected chi connectivity index (χ4v) is 4.63. The zero-order valence-corrected chi connectivity index (χ0v) is 23.2. The van der Waals surface area contributed by atoms with E-state index in [1.54, 1.807) is 54.6 Å². The number of halogens is 3. The zero-order chi connectivity index (χ0) is 30.0. The predicted molar refractivity (Wildman–Crippen MR) is 150 cm³/mol. The minimum atomic E-state index is -5.91. The molecule has 3 aromatic rings. The fraction of sp³-hybridized carbons (Fsp3) is 0.300. The molecule has 0 saturated heterocycles. The first-order valence-corrected chi connectivity index (χ1v) is 14.6. The lowest BCUT2D eigenvalue weighted by Crippen LogP contribution is -2.43. The van der Waals surface area contributed by atoms with Crippen LogP contribution in [0.4, 0.5) is 18.9 Å². The largest absolute Gasteiger partial charge is 0.516 e. The summed E-state index contributed by atoms with van der Waals surface area (Å²) in [5.41, 5.74) is -2.38. The van der Waals surface area contributed by atoms with Gasteiger partial charge in [-0.1, -0.05) is 80.1 Å². The number of aryl methyl sites for hydroxylation is 1. The van der Waals surface area contributed by atoms with Crippen LogP contribution in [0.3, 0.4) is 0 Å². The van der Waals surface area contributed by atoms with Crippen molar-refractivity contribution in [1.82, 2.24) is 4.72 Å². The lowest BCUT2D eigenvalue weighted by molar-refractivity contribution is -0.124. The number of rotatable bonds is 13. The second-order valence-electron chi connectivity index (χ2n) is 9.57. The van der Waals surface area contributed by atoms with Gasteiger partial charge in [-0.2, -0.15) is 21.6 Å². The summed E-state index contributed by atoms with van der Waals surface area (Å²) < 4.78 is 62.7. The van der Waals surface area contributed by atoms with E-state index in [-0.39, 0.29) is 24.3 Å². The van der Waals surface area contributed by atoms with E-state index in [0.29, 0.717) is 12.1 Å². The maximum absolute atomic E-state index is 13.0. The molecule has 41 heavy (non-hydrogen) atoms. The summed E-state index contributed by atoms with van der Waals surface area (Å²) in [6.07, 6.45) is 1.92. The van der Waals surface area contributed by atoms with Gasteiger partial charge >= 0.3 is 15.5 Å². The van der Waals surface area contributed by atoms with Crippen molar-refractivity contribution in [2.24, 2.45) is 5.92 Å². The molecule has 0 aliphatic heterocycles. The molecular formula is C30H31F3N2O5S. The molecule has 0 bridgehead atoms. The van der Waals surface area contributed by atoms with Crippen molar-refractivity contribution in [2.45, 2.75) is 51.0 Å². The van der Waals surface area contributed by atoms with Crippen LogP contribution < -0.4 is 10.0 Å². The molecule has 0 fully saturated rings. The number of nitrogens with one attached hydrogen (secondary N) is 2. The molecule has 0 saturated carbocycles. The van der Waals surface area contributed by atoms with Crippen LogP contribution in [-0.4, -0.2) is 31.5 Å². The van der Waals surface area contributed by atoms with Crippen LogP contribution in [0.2, 0.25) is 0 Å². The number of Topliss-reactive ketones (excluding diaryl/α,β-unsaturated/α-hetero) is 1. The molecule has 0 aliphatic rings. The fourth-order valence-electron chi connectivity index (χ4n) is 4.08. The van der Waals surface area contributed by atoms with E-state index in [2.05, 4.69) is 5.32 Å². The first kappa shape index (κ1) is 31.5. The van der Waals surface area contributed by atoms with Crippen LogP contribution in [0.25, 0.3) is 11.1 Å². The second kappa shape index (κ2) is 14.1. The van der Waals surface area contributed by atoms with Gasteiger partial charge in [-0.3, -0.25) is 14.4 Å². The molecule has 2 amide bonds. The van der Waals surface area contributed by atoms with Crippen LogP contribution in [0.1, 0.15) is 54.9 Å². The normalized spacial score (nSPS) is 12.4. The Morgan fingerprint density at radius 1 is 0.854 bits per heavy atom. The van der Waals surface area contributed by atoms with Crippen LogP contribution in [-0.2, 0) is 26.0 Å². The third kappa shape index (κ3) is 9.28. The van der Waals surface area contributed by atoms with Crippen molar-refractivity contribution in [1.29, 1.82) is 0 Å². The standard InChI is InChI=1S/C30H31F3N2O5S/c1-2-3-9-28(37)34-26-18-16-23(17-19-26)22-12-14-24(15-13-22)27(36)20-25(11-10-21-7-5-4-6-8-21)29(38)35-41(39,40)30(31,32)33/h4-8,12-19,25H,2-3,9-11,20H2,1H3,(H,34,37)(H,35,38). The first-order valence-electron chi connectivity index (χ1n) is 13.1. The molecule has 2 N–H and O–H groups in total. The summed E-state index contributed by atoms with van der Waals surface area (Å²) >= 11 is 0. The number of amides is 2. The molecule has 218 valence electrons. The Morgan fingerprint density at radius 2 is 1.44 bits per heavy atom. The van der Waals surface area contributed by atoms with Gasteiger partial charge in [0.15, 0.2) is 5.78 Å². The van der Waals surface area contributed by atoms with Crippen LogP contribution in [0.5, 0.6) is 0 Å². The third-order valence-corrected chi connectivity index (χ3v) is 7.51. The quantitative estimate of drug-likeness (QED) is 0.229. The zero-order valence-electron chi connectivity index (χ0n) is 22.4. The maximum Gasteiger partial charge on any atom is 0.516 e. The minimum Gasteiger partial charge on any atom is -0.326 e. The van der Waals surface area contributed by atoms with Crippen molar-refractivity contribution < 1.29 is 36.0 Å². The van der Waals surface area contributed by atoms with Crippen LogP contribution in [0.15, 0.2) is 78.9 Å². The molecule has 11 heteroatoms. The van der Waals surface area contributed by atoms with Gasteiger partial charge in [-0.15, -0.1) is 0 Å². The number of sulfonamides is 1. The maximum atomic E-state index is 13.0. The number of hydrogen-bond acceptors (Lipinski definition) is 5. The predicted octanol–water partition coefficient (Wildman–Crippen LogP) is 6.27. The molecule has 0 aliphatic carbocycles. The van der Waals surface area contributed by atoms with Crippen molar-refractivity contribution in [3.8, 4) is 11.1 Å². The van der Waals surface area contributed by atoms with Crippen LogP contribution >= 0.6 is 0 Å². The summed E-state index contributed by atoms with van der Waals surface area (Å²) in [5.74, 6) is -3.27. The lowest BCUT2D eigenvalue weighted by atomic mass is 9.91. The molecule has 3 aromatic carbocycles.